The number of aliphatic carboxylic acids is 1. The lowest BCUT2D eigenvalue weighted by atomic mass is 10.2. The van der Waals surface area contributed by atoms with Gasteiger partial charge < -0.3 is 10.0 Å². The van der Waals surface area contributed by atoms with Crippen LogP contribution in [0.3, 0.4) is 0 Å². The average molecular weight is 275 g/mol. The molecule has 1 aromatic carbocycles. The minimum Gasteiger partial charge on any atom is -0.481 e. The molecule has 0 heterocycles. The number of halogens is 3. The van der Waals surface area contributed by atoms with Gasteiger partial charge >= 0.3 is 18.1 Å². The van der Waals surface area contributed by atoms with Gasteiger partial charge in [-0.2, -0.15) is 13.2 Å². The number of hydrogen-bond acceptors (Lipinski definition) is 2. The predicted octanol–water partition coefficient (Wildman–Crippen LogP) is 2.05. The molecule has 104 valence electrons. The van der Waals surface area contributed by atoms with Crippen molar-refractivity contribution >= 4 is 11.9 Å². The van der Waals surface area contributed by atoms with Crippen molar-refractivity contribution < 1.29 is 27.9 Å². The zero-order chi connectivity index (χ0) is 14.5. The fourth-order valence-corrected chi connectivity index (χ4v) is 1.47. The Morgan fingerprint density at radius 3 is 2.21 bits per heavy atom. The smallest absolute Gasteiger partial charge is 0.471 e. The zero-order valence-electron chi connectivity index (χ0n) is 9.85. The molecule has 4 nitrogen and oxygen atoms in total. The Kier molecular flexibility index (Phi) is 4.91. The van der Waals surface area contributed by atoms with E-state index < -0.39 is 31.0 Å². The molecular formula is C12H12F3NO3. The fourth-order valence-electron chi connectivity index (χ4n) is 1.47. The van der Waals surface area contributed by atoms with Gasteiger partial charge in [-0.05, 0) is 5.56 Å². The highest BCUT2D eigenvalue weighted by atomic mass is 19.4. The molecule has 0 bridgehead atoms. The molecule has 0 aliphatic heterocycles. The summed E-state index contributed by atoms with van der Waals surface area (Å²) < 4.78 is 37.2. The van der Waals surface area contributed by atoms with Crippen molar-refractivity contribution in [1.29, 1.82) is 0 Å². The first-order valence-electron chi connectivity index (χ1n) is 5.42. The highest BCUT2D eigenvalue weighted by Crippen LogP contribution is 2.20. The molecule has 1 rings (SSSR count). The van der Waals surface area contributed by atoms with E-state index in [9.17, 15) is 22.8 Å². The fraction of sp³-hybridized carbons (Fsp3) is 0.333. The summed E-state index contributed by atoms with van der Waals surface area (Å²) >= 11 is 0. The number of carbonyl (C=O) groups is 2. The quantitative estimate of drug-likeness (QED) is 0.894. The molecule has 0 unspecified atom stereocenters. The molecule has 0 radical (unpaired) electrons. The number of carbonyl (C=O) groups excluding carboxylic acids is 1. The molecule has 1 N–H and O–H groups in total. The van der Waals surface area contributed by atoms with Gasteiger partial charge in [-0.25, -0.2) is 0 Å². The van der Waals surface area contributed by atoms with Crippen molar-refractivity contribution in [2.75, 3.05) is 6.54 Å². The number of hydrogen-bond donors (Lipinski definition) is 1. The van der Waals surface area contributed by atoms with Gasteiger partial charge in [-0.3, -0.25) is 9.59 Å². The summed E-state index contributed by atoms with van der Waals surface area (Å²) in [5.41, 5.74) is 0.505. The molecule has 1 aromatic rings. The van der Waals surface area contributed by atoms with Crippen LogP contribution in [-0.4, -0.2) is 34.6 Å². The Bertz CT molecular complexity index is 445. The number of rotatable bonds is 5. The Morgan fingerprint density at radius 2 is 1.74 bits per heavy atom. The molecule has 0 aliphatic carbocycles. The SMILES string of the molecule is O=C(O)CCN(Cc1ccccc1)C(=O)C(F)(F)F. The van der Waals surface area contributed by atoms with E-state index in [2.05, 4.69) is 0 Å². The van der Waals surface area contributed by atoms with E-state index >= 15 is 0 Å². The average Bonchev–Trinajstić information content (AvgIpc) is 2.33. The molecule has 1 amide bonds. The zero-order valence-corrected chi connectivity index (χ0v) is 9.85. The van der Waals surface area contributed by atoms with Crippen LogP contribution >= 0.6 is 0 Å². The molecule has 7 heteroatoms. The Morgan fingerprint density at radius 1 is 1.16 bits per heavy atom. The van der Waals surface area contributed by atoms with E-state index in [1.165, 1.54) is 0 Å². The first-order valence-corrected chi connectivity index (χ1v) is 5.42. The summed E-state index contributed by atoms with van der Waals surface area (Å²) in [4.78, 5) is 22.1. The maximum Gasteiger partial charge on any atom is 0.471 e. The van der Waals surface area contributed by atoms with Crippen LogP contribution in [0.4, 0.5) is 13.2 Å². The lowest BCUT2D eigenvalue weighted by molar-refractivity contribution is -0.186. The van der Waals surface area contributed by atoms with Crippen LogP contribution in [0.2, 0.25) is 0 Å². The minimum absolute atomic E-state index is 0.271. The van der Waals surface area contributed by atoms with Crippen LogP contribution in [0.15, 0.2) is 30.3 Å². The van der Waals surface area contributed by atoms with Gasteiger partial charge in [0.1, 0.15) is 0 Å². The van der Waals surface area contributed by atoms with Crippen LogP contribution in [0.25, 0.3) is 0 Å². The number of carboxylic acids is 1. The topological polar surface area (TPSA) is 57.6 Å². The standard InChI is InChI=1S/C12H12F3NO3/c13-12(14,15)11(19)16(7-6-10(17)18)8-9-4-2-1-3-5-9/h1-5H,6-8H2,(H,17,18). The van der Waals surface area contributed by atoms with E-state index in [-0.39, 0.29) is 6.54 Å². The largest absolute Gasteiger partial charge is 0.481 e. The summed E-state index contributed by atoms with van der Waals surface area (Å²) in [6.45, 7) is -0.755. The molecule has 19 heavy (non-hydrogen) atoms. The number of nitrogens with zero attached hydrogens (tertiary/aromatic N) is 1. The van der Waals surface area contributed by atoms with Crippen LogP contribution < -0.4 is 0 Å². The maximum absolute atomic E-state index is 12.4. The van der Waals surface area contributed by atoms with Crippen molar-refractivity contribution in [2.24, 2.45) is 0 Å². The molecule has 0 saturated carbocycles. The third-order valence-corrected chi connectivity index (χ3v) is 2.34. The number of carboxylic acid groups (broad SMARTS) is 1. The second-order valence-corrected chi connectivity index (χ2v) is 3.85. The van der Waals surface area contributed by atoms with E-state index in [0.29, 0.717) is 10.5 Å². The highest BCUT2D eigenvalue weighted by molar-refractivity contribution is 5.82. The van der Waals surface area contributed by atoms with Crippen molar-refractivity contribution in [3.8, 4) is 0 Å². The van der Waals surface area contributed by atoms with Gasteiger partial charge in [0.25, 0.3) is 0 Å². The molecule has 0 aliphatic rings. The van der Waals surface area contributed by atoms with Crippen molar-refractivity contribution in [3.63, 3.8) is 0 Å². The lowest BCUT2D eigenvalue weighted by Gasteiger charge is -2.23. The van der Waals surface area contributed by atoms with Crippen molar-refractivity contribution in [3.05, 3.63) is 35.9 Å². The maximum atomic E-state index is 12.4. The monoisotopic (exact) mass is 275 g/mol. The van der Waals surface area contributed by atoms with E-state index in [4.69, 9.17) is 5.11 Å². The number of benzene rings is 1. The minimum atomic E-state index is -5.01. The second kappa shape index (κ2) is 6.21. The van der Waals surface area contributed by atoms with Gasteiger partial charge in [-0.1, -0.05) is 30.3 Å². The van der Waals surface area contributed by atoms with Crippen LogP contribution in [0.1, 0.15) is 12.0 Å². The van der Waals surface area contributed by atoms with E-state index in [1.807, 2.05) is 0 Å². The number of amides is 1. The van der Waals surface area contributed by atoms with Crippen LogP contribution in [0, 0.1) is 0 Å². The predicted molar refractivity (Wildman–Crippen MR) is 60.2 cm³/mol. The first-order chi connectivity index (χ1) is 8.80. The second-order valence-electron chi connectivity index (χ2n) is 3.85. The summed E-state index contributed by atoms with van der Waals surface area (Å²) in [5, 5.41) is 8.49. The van der Waals surface area contributed by atoms with Crippen molar-refractivity contribution in [2.45, 2.75) is 19.1 Å². The summed E-state index contributed by atoms with van der Waals surface area (Å²) in [6.07, 6.45) is -5.54. The van der Waals surface area contributed by atoms with Crippen LogP contribution in [-0.2, 0) is 16.1 Å². The molecule has 0 aromatic heterocycles. The van der Waals surface area contributed by atoms with E-state index in [1.54, 1.807) is 30.3 Å². The van der Waals surface area contributed by atoms with Gasteiger partial charge in [0.2, 0.25) is 0 Å². The first kappa shape index (κ1) is 15.0. The van der Waals surface area contributed by atoms with Gasteiger partial charge in [0.15, 0.2) is 0 Å². The lowest BCUT2D eigenvalue weighted by Crippen LogP contribution is -2.41. The highest BCUT2D eigenvalue weighted by Gasteiger charge is 2.42. The molecule has 0 atom stereocenters. The Hall–Kier alpha value is -2.05. The Balaban J connectivity index is 2.80. The molecule has 0 spiro atoms. The Labute approximate surface area is 107 Å². The van der Waals surface area contributed by atoms with Crippen molar-refractivity contribution in [1.82, 2.24) is 4.90 Å². The molecule has 0 saturated heterocycles. The van der Waals surface area contributed by atoms with Gasteiger partial charge in [0.05, 0.1) is 6.42 Å². The summed E-state index contributed by atoms with van der Waals surface area (Å²) in [5.74, 6) is -3.29. The third-order valence-electron chi connectivity index (χ3n) is 2.34. The van der Waals surface area contributed by atoms with E-state index in [0.717, 1.165) is 0 Å². The third kappa shape index (κ3) is 4.99. The molecular weight excluding hydrogens is 263 g/mol. The van der Waals surface area contributed by atoms with Crippen LogP contribution in [0.5, 0.6) is 0 Å². The van der Waals surface area contributed by atoms with Gasteiger partial charge in [0, 0.05) is 13.1 Å². The number of alkyl halides is 3. The summed E-state index contributed by atoms with van der Waals surface area (Å²) in [7, 11) is 0. The summed E-state index contributed by atoms with van der Waals surface area (Å²) in [6, 6.07) is 8.08. The molecule has 0 fully saturated rings. The normalized spacial score (nSPS) is 11.1. The van der Waals surface area contributed by atoms with Gasteiger partial charge in [-0.15, -0.1) is 0 Å².